The second-order valence-corrected chi connectivity index (χ2v) is 5.54. The lowest BCUT2D eigenvalue weighted by Gasteiger charge is -2.21. The number of rotatable bonds is 8. The Bertz CT molecular complexity index is 519. The Hall–Kier alpha value is -1.31. The summed E-state index contributed by atoms with van der Waals surface area (Å²) in [6.45, 7) is 6.85. The van der Waals surface area contributed by atoms with Crippen molar-refractivity contribution in [1.29, 1.82) is 0 Å². The van der Waals surface area contributed by atoms with E-state index in [-0.39, 0.29) is 29.9 Å². The van der Waals surface area contributed by atoms with Crippen molar-refractivity contribution < 1.29 is 4.79 Å². The van der Waals surface area contributed by atoms with E-state index in [4.69, 9.17) is 0 Å². The lowest BCUT2D eigenvalue weighted by atomic mass is 10.1. The summed E-state index contributed by atoms with van der Waals surface area (Å²) in [5.41, 5.74) is 1.82. The molecule has 2 N–H and O–H groups in total. The molecule has 1 rings (SSSR count). The summed E-state index contributed by atoms with van der Waals surface area (Å²) in [7, 11) is 3.72. The predicted molar refractivity (Wildman–Crippen MR) is 112 cm³/mol. The standard InChI is InChI=1S/C18H30N4O.HI/c1-5-7-13-22(4)18(20-6-2)21-12-11-15-9-8-10-16(14-15)17(23)19-3;/h8-10,14H,5-7,11-13H2,1-4H3,(H,19,23)(H,20,21);1H. The number of hydrogen-bond donors (Lipinski definition) is 2. The second-order valence-electron chi connectivity index (χ2n) is 5.54. The number of amides is 1. The summed E-state index contributed by atoms with van der Waals surface area (Å²) < 4.78 is 0. The maximum atomic E-state index is 11.7. The van der Waals surface area contributed by atoms with Crippen molar-refractivity contribution in [3.63, 3.8) is 0 Å². The number of halogens is 1. The third kappa shape index (κ3) is 7.99. The number of nitrogens with one attached hydrogen (secondary N) is 2. The molecule has 136 valence electrons. The highest BCUT2D eigenvalue weighted by atomic mass is 127. The van der Waals surface area contributed by atoms with Gasteiger partial charge in [0.2, 0.25) is 0 Å². The van der Waals surface area contributed by atoms with E-state index in [0.29, 0.717) is 12.1 Å². The largest absolute Gasteiger partial charge is 0.357 e. The summed E-state index contributed by atoms with van der Waals surface area (Å²) >= 11 is 0. The summed E-state index contributed by atoms with van der Waals surface area (Å²) in [6.07, 6.45) is 3.16. The molecule has 0 spiro atoms. The van der Waals surface area contributed by atoms with E-state index >= 15 is 0 Å². The lowest BCUT2D eigenvalue weighted by Crippen LogP contribution is -2.39. The van der Waals surface area contributed by atoms with Gasteiger partial charge >= 0.3 is 0 Å². The van der Waals surface area contributed by atoms with Crippen molar-refractivity contribution in [1.82, 2.24) is 15.5 Å². The summed E-state index contributed by atoms with van der Waals surface area (Å²) in [5, 5.41) is 5.98. The normalized spacial score (nSPS) is 10.8. The molecule has 0 unspecified atom stereocenters. The minimum atomic E-state index is -0.0528. The van der Waals surface area contributed by atoms with Crippen molar-refractivity contribution in [3.8, 4) is 0 Å². The van der Waals surface area contributed by atoms with Gasteiger partial charge in [-0.2, -0.15) is 0 Å². The number of guanidine groups is 1. The molecular weight excluding hydrogens is 415 g/mol. The SMILES string of the molecule is CCCCN(C)C(=NCCc1cccc(C(=O)NC)c1)NCC.I. The molecule has 0 saturated heterocycles. The maximum absolute atomic E-state index is 11.7. The molecule has 24 heavy (non-hydrogen) atoms. The molecule has 0 aliphatic heterocycles. The van der Waals surface area contributed by atoms with Gasteiger partial charge in [-0.05, 0) is 37.5 Å². The van der Waals surface area contributed by atoms with Gasteiger partial charge in [0, 0.05) is 39.3 Å². The summed E-state index contributed by atoms with van der Waals surface area (Å²) in [5.74, 6) is 0.895. The molecule has 0 bridgehead atoms. The number of unbranched alkanes of at least 4 members (excludes halogenated alkanes) is 1. The van der Waals surface area contributed by atoms with Crippen molar-refractivity contribution >= 4 is 35.8 Å². The van der Waals surface area contributed by atoms with Crippen molar-refractivity contribution in [2.24, 2.45) is 4.99 Å². The number of carbonyl (C=O) groups is 1. The fraction of sp³-hybridized carbons (Fsp3) is 0.556. The van der Waals surface area contributed by atoms with E-state index in [1.807, 2.05) is 24.3 Å². The zero-order valence-corrected chi connectivity index (χ0v) is 17.6. The number of hydrogen-bond acceptors (Lipinski definition) is 2. The number of nitrogens with zero attached hydrogens (tertiary/aromatic N) is 2. The molecule has 0 atom stereocenters. The Morgan fingerprint density at radius 1 is 1.29 bits per heavy atom. The van der Waals surface area contributed by atoms with E-state index < -0.39 is 0 Å². The molecule has 0 aliphatic carbocycles. The average Bonchev–Trinajstić information content (AvgIpc) is 2.58. The summed E-state index contributed by atoms with van der Waals surface area (Å²) in [4.78, 5) is 18.5. The van der Waals surface area contributed by atoms with Crippen LogP contribution in [0.15, 0.2) is 29.3 Å². The molecule has 0 radical (unpaired) electrons. The first-order valence-corrected chi connectivity index (χ1v) is 8.42. The first-order chi connectivity index (χ1) is 11.1. The van der Waals surface area contributed by atoms with Crippen LogP contribution in [0.25, 0.3) is 0 Å². The van der Waals surface area contributed by atoms with Crippen LogP contribution in [0.4, 0.5) is 0 Å². The zero-order chi connectivity index (χ0) is 17.1. The lowest BCUT2D eigenvalue weighted by molar-refractivity contribution is 0.0963. The fourth-order valence-electron chi connectivity index (χ4n) is 2.27. The number of benzene rings is 1. The van der Waals surface area contributed by atoms with E-state index in [2.05, 4.69) is 41.4 Å². The molecule has 0 fully saturated rings. The molecule has 0 heterocycles. The first kappa shape index (κ1) is 22.7. The second kappa shape index (κ2) is 13.0. The topological polar surface area (TPSA) is 56.7 Å². The highest BCUT2D eigenvalue weighted by molar-refractivity contribution is 14.0. The minimum absolute atomic E-state index is 0. The van der Waals surface area contributed by atoms with Crippen molar-refractivity contribution in [2.45, 2.75) is 33.1 Å². The van der Waals surface area contributed by atoms with Crippen LogP contribution in [0.3, 0.4) is 0 Å². The van der Waals surface area contributed by atoms with Crippen LogP contribution in [0.2, 0.25) is 0 Å². The van der Waals surface area contributed by atoms with Gasteiger partial charge < -0.3 is 15.5 Å². The third-order valence-corrected chi connectivity index (χ3v) is 3.62. The van der Waals surface area contributed by atoms with Crippen LogP contribution in [0, 0.1) is 0 Å². The van der Waals surface area contributed by atoms with Crippen LogP contribution in [0.1, 0.15) is 42.6 Å². The van der Waals surface area contributed by atoms with E-state index in [0.717, 1.165) is 37.5 Å². The predicted octanol–water partition coefficient (Wildman–Crippen LogP) is 2.90. The highest BCUT2D eigenvalue weighted by Gasteiger charge is 2.06. The maximum Gasteiger partial charge on any atom is 0.251 e. The van der Waals surface area contributed by atoms with Crippen molar-refractivity contribution in [3.05, 3.63) is 35.4 Å². The molecule has 1 aromatic carbocycles. The van der Waals surface area contributed by atoms with Crippen LogP contribution < -0.4 is 10.6 Å². The van der Waals surface area contributed by atoms with Gasteiger partial charge in [-0.3, -0.25) is 9.79 Å². The molecule has 6 heteroatoms. The van der Waals surface area contributed by atoms with Gasteiger partial charge in [-0.1, -0.05) is 25.5 Å². The fourth-order valence-corrected chi connectivity index (χ4v) is 2.27. The minimum Gasteiger partial charge on any atom is -0.357 e. The van der Waals surface area contributed by atoms with Gasteiger partial charge in [-0.15, -0.1) is 24.0 Å². The quantitative estimate of drug-likeness (QED) is 0.367. The molecule has 0 aliphatic rings. The Labute approximate surface area is 163 Å². The zero-order valence-electron chi connectivity index (χ0n) is 15.3. The highest BCUT2D eigenvalue weighted by Crippen LogP contribution is 2.06. The molecular formula is C18H31IN4O. The summed E-state index contributed by atoms with van der Waals surface area (Å²) in [6, 6.07) is 7.72. The average molecular weight is 446 g/mol. The Morgan fingerprint density at radius 2 is 2.04 bits per heavy atom. The molecule has 1 amide bonds. The number of carbonyl (C=O) groups excluding carboxylic acids is 1. The van der Waals surface area contributed by atoms with Crippen LogP contribution in [0.5, 0.6) is 0 Å². The molecule has 5 nitrogen and oxygen atoms in total. The van der Waals surface area contributed by atoms with Gasteiger partial charge in [0.1, 0.15) is 0 Å². The molecule has 0 aromatic heterocycles. The van der Waals surface area contributed by atoms with Crippen molar-refractivity contribution in [2.75, 3.05) is 33.7 Å². The van der Waals surface area contributed by atoms with E-state index in [1.54, 1.807) is 7.05 Å². The molecule has 1 aromatic rings. The van der Waals surface area contributed by atoms with Gasteiger partial charge in [0.25, 0.3) is 5.91 Å². The van der Waals surface area contributed by atoms with Crippen LogP contribution in [-0.2, 0) is 6.42 Å². The Morgan fingerprint density at radius 3 is 2.67 bits per heavy atom. The number of aliphatic imine (C=N–C) groups is 1. The van der Waals surface area contributed by atoms with E-state index in [9.17, 15) is 4.79 Å². The Balaban J connectivity index is 0.00000529. The third-order valence-electron chi connectivity index (χ3n) is 3.62. The van der Waals surface area contributed by atoms with Gasteiger partial charge in [0.05, 0.1) is 0 Å². The smallest absolute Gasteiger partial charge is 0.251 e. The van der Waals surface area contributed by atoms with Crippen LogP contribution in [-0.4, -0.2) is 50.5 Å². The van der Waals surface area contributed by atoms with Gasteiger partial charge in [0.15, 0.2) is 5.96 Å². The van der Waals surface area contributed by atoms with Gasteiger partial charge in [-0.25, -0.2) is 0 Å². The Kier molecular flexibility index (Phi) is 12.3. The first-order valence-electron chi connectivity index (χ1n) is 8.42. The monoisotopic (exact) mass is 446 g/mol. The van der Waals surface area contributed by atoms with E-state index in [1.165, 1.54) is 6.42 Å². The van der Waals surface area contributed by atoms with Crippen LogP contribution >= 0.6 is 24.0 Å². The molecule has 0 saturated carbocycles.